The molecule has 19 heavy (non-hydrogen) atoms. The average molecular weight is 254 g/mol. The molecule has 4 nitrogen and oxygen atoms in total. The standard InChI is InChI=1S/C15H14N2O2/c16-15(18)13-9-17-7-6-14(13)19-12-5-4-10-2-1-3-11(10)8-12/h4-9H,1-3H2,(H2,16,18). The number of amides is 1. The molecule has 0 unspecified atom stereocenters. The number of aryl methyl sites for hydroxylation is 2. The second kappa shape index (κ2) is 4.72. The lowest BCUT2D eigenvalue weighted by Crippen LogP contribution is -2.12. The molecule has 2 N–H and O–H groups in total. The Hall–Kier alpha value is -2.36. The van der Waals surface area contributed by atoms with Crippen molar-refractivity contribution in [1.82, 2.24) is 4.98 Å². The highest BCUT2D eigenvalue weighted by molar-refractivity contribution is 5.95. The van der Waals surface area contributed by atoms with Gasteiger partial charge >= 0.3 is 0 Å². The number of ether oxygens (including phenoxy) is 1. The molecule has 0 spiro atoms. The van der Waals surface area contributed by atoms with Crippen molar-refractivity contribution in [2.75, 3.05) is 0 Å². The number of carbonyl (C=O) groups excluding carboxylic acids is 1. The van der Waals surface area contributed by atoms with Crippen molar-refractivity contribution in [2.24, 2.45) is 5.73 Å². The van der Waals surface area contributed by atoms with Gasteiger partial charge in [0.15, 0.2) is 0 Å². The maximum absolute atomic E-state index is 11.3. The zero-order valence-corrected chi connectivity index (χ0v) is 10.4. The number of pyridine rings is 1. The number of hydrogen-bond acceptors (Lipinski definition) is 3. The minimum atomic E-state index is -0.538. The van der Waals surface area contributed by atoms with Gasteiger partial charge in [-0.3, -0.25) is 9.78 Å². The highest BCUT2D eigenvalue weighted by Gasteiger charge is 2.13. The van der Waals surface area contributed by atoms with Crippen LogP contribution in [0, 0.1) is 0 Å². The molecule has 1 aliphatic rings. The number of nitrogens with two attached hydrogens (primary N) is 1. The summed E-state index contributed by atoms with van der Waals surface area (Å²) in [6, 6.07) is 7.69. The molecule has 0 radical (unpaired) electrons. The number of rotatable bonds is 3. The Bertz CT molecular complexity index is 638. The van der Waals surface area contributed by atoms with E-state index in [2.05, 4.69) is 11.1 Å². The third-order valence-corrected chi connectivity index (χ3v) is 3.34. The Morgan fingerprint density at radius 3 is 2.89 bits per heavy atom. The van der Waals surface area contributed by atoms with Gasteiger partial charge in [0.1, 0.15) is 17.1 Å². The fourth-order valence-corrected chi connectivity index (χ4v) is 2.39. The number of aromatic nitrogens is 1. The molecule has 0 atom stereocenters. The summed E-state index contributed by atoms with van der Waals surface area (Å²) in [6.07, 6.45) is 6.42. The van der Waals surface area contributed by atoms with Gasteiger partial charge in [-0.15, -0.1) is 0 Å². The lowest BCUT2D eigenvalue weighted by Gasteiger charge is -2.09. The summed E-state index contributed by atoms with van der Waals surface area (Å²) in [7, 11) is 0. The van der Waals surface area contributed by atoms with Crippen molar-refractivity contribution in [3.05, 3.63) is 53.3 Å². The summed E-state index contributed by atoms with van der Waals surface area (Å²) in [5.41, 5.74) is 8.31. The van der Waals surface area contributed by atoms with Crippen LogP contribution >= 0.6 is 0 Å². The Kier molecular flexibility index (Phi) is 2.91. The zero-order valence-electron chi connectivity index (χ0n) is 10.4. The van der Waals surface area contributed by atoms with Gasteiger partial charge in [-0.05, 0) is 48.6 Å². The van der Waals surface area contributed by atoms with Gasteiger partial charge in [0.25, 0.3) is 5.91 Å². The van der Waals surface area contributed by atoms with E-state index >= 15 is 0 Å². The molecule has 1 amide bonds. The van der Waals surface area contributed by atoms with E-state index in [1.807, 2.05) is 12.1 Å². The van der Waals surface area contributed by atoms with E-state index in [0.717, 1.165) is 18.6 Å². The summed E-state index contributed by atoms with van der Waals surface area (Å²) in [5, 5.41) is 0. The highest BCUT2D eigenvalue weighted by atomic mass is 16.5. The fraction of sp³-hybridized carbons (Fsp3) is 0.200. The van der Waals surface area contributed by atoms with Crippen LogP contribution in [0.15, 0.2) is 36.7 Å². The average Bonchev–Trinajstić information content (AvgIpc) is 2.86. The normalized spacial score (nSPS) is 13.1. The van der Waals surface area contributed by atoms with E-state index < -0.39 is 5.91 Å². The first-order chi connectivity index (χ1) is 9.24. The summed E-state index contributed by atoms with van der Waals surface area (Å²) in [6.45, 7) is 0. The SMILES string of the molecule is NC(=O)c1cnccc1Oc1ccc2c(c1)CCC2. The van der Waals surface area contributed by atoms with Gasteiger partial charge < -0.3 is 10.5 Å². The molecule has 1 heterocycles. The van der Waals surface area contributed by atoms with Crippen LogP contribution < -0.4 is 10.5 Å². The van der Waals surface area contributed by atoms with E-state index in [-0.39, 0.29) is 0 Å². The van der Waals surface area contributed by atoms with E-state index in [1.165, 1.54) is 23.7 Å². The highest BCUT2D eigenvalue weighted by Crippen LogP contribution is 2.29. The predicted octanol–water partition coefficient (Wildman–Crippen LogP) is 2.46. The smallest absolute Gasteiger partial charge is 0.254 e. The largest absolute Gasteiger partial charge is 0.456 e. The van der Waals surface area contributed by atoms with Gasteiger partial charge in [-0.25, -0.2) is 0 Å². The van der Waals surface area contributed by atoms with E-state index in [4.69, 9.17) is 10.5 Å². The van der Waals surface area contributed by atoms with Crippen LogP contribution in [-0.4, -0.2) is 10.9 Å². The summed E-state index contributed by atoms with van der Waals surface area (Å²) in [5.74, 6) is 0.638. The van der Waals surface area contributed by atoms with Crippen molar-refractivity contribution in [1.29, 1.82) is 0 Å². The zero-order chi connectivity index (χ0) is 13.2. The molecule has 0 saturated carbocycles. The molecule has 1 aromatic carbocycles. The Labute approximate surface area is 111 Å². The van der Waals surface area contributed by atoms with E-state index in [0.29, 0.717) is 11.3 Å². The van der Waals surface area contributed by atoms with Crippen molar-refractivity contribution in [3.63, 3.8) is 0 Å². The quantitative estimate of drug-likeness (QED) is 0.915. The van der Waals surface area contributed by atoms with Crippen LogP contribution in [0.1, 0.15) is 27.9 Å². The number of hydrogen-bond donors (Lipinski definition) is 1. The monoisotopic (exact) mass is 254 g/mol. The Morgan fingerprint density at radius 1 is 1.21 bits per heavy atom. The number of benzene rings is 1. The van der Waals surface area contributed by atoms with Gasteiger partial charge in [-0.2, -0.15) is 0 Å². The molecular weight excluding hydrogens is 240 g/mol. The Balaban J connectivity index is 1.91. The van der Waals surface area contributed by atoms with Crippen molar-refractivity contribution >= 4 is 5.91 Å². The number of nitrogens with zero attached hydrogens (tertiary/aromatic N) is 1. The van der Waals surface area contributed by atoms with Gasteiger partial charge in [0, 0.05) is 12.4 Å². The van der Waals surface area contributed by atoms with Crippen molar-refractivity contribution < 1.29 is 9.53 Å². The topological polar surface area (TPSA) is 65.2 Å². The molecule has 0 fully saturated rings. The second-order valence-electron chi connectivity index (χ2n) is 4.62. The van der Waals surface area contributed by atoms with Crippen LogP contribution in [0.4, 0.5) is 0 Å². The van der Waals surface area contributed by atoms with E-state index in [9.17, 15) is 4.79 Å². The van der Waals surface area contributed by atoms with E-state index in [1.54, 1.807) is 12.3 Å². The van der Waals surface area contributed by atoms with Crippen LogP contribution in [0.2, 0.25) is 0 Å². The third-order valence-electron chi connectivity index (χ3n) is 3.34. The maximum atomic E-state index is 11.3. The molecule has 4 heteroatoms. The third kappa shape index (κ3) is 2.29. The molecular formula is C15H14N2O2. The number of fused-ring (bicyclic) bond motifs is 1. The molecule has 96 valence electrons. The molecule has 2 aromatic rings. The molecule has 1 aromatic heterocycles. The lowest BCUT2D eigenvalue weighted by atomic mass is 10.1. The summed E-state index contributed by atoms with van der Waals surface area (Å²) in [4.78, 5) is 15.2. The molecule has 0 bridgehead atoms. The second-order valence-corrected chi connectivity index (χ2v) is 4.62. The molecule has 1 aliphatic carbocycles. The van der Waals surface area contributed by atoms with Crippen LogP contribution in [0.3, 0.4) is 0 Å². The lowest BCUT2D eigenvalue weighted by molar-refractivity contribution is 0.0997. The number of primary amides is 1. The summed E-state index contributed by atoms with van der Waals surface area (Å²) >= 11 is 0. The maximum Gasteiger partial charge on any atom is 0.254 e. The first-order valence-electron chi connectivity index (χ1n) is 6.27. The van der Waals surface area contributed by atoms with Crippen molar-refractivity contribution in [3.8, 4) is 11.5 Å². The van der Waals surface area contributed by atoms with Gasteiger partial charge in [-0.1, -0.05) is 6.07 Å². The predicted molar refractivity (Wildman–Crippen MR) is 71.3 cm³/mol. The fourth-order valence-electron chi connectivity index (χ4n) is 2.39. The molecule has 0 aliphatic heterocycles. The minimum Gasteiger partial charge on any atom is -0.456 e. The van der Waals surface area contributed by atoms with Crippen LogP contribution in [0.25, 0.3) is 0 Å². The molecule has 0 saturated heterocycles. The van der Waals surface area contributed by atoms with Crippen LogP contribution in [0.5, 0.6) is 11.5 Å². The summed E-state index contributed by atoms with van der Waals surface area (Å²) < 4.78 is 5.76. The molecule has 3 rings (SSSR count). The minimum absolute atomic E-state index is 0.294. The first kappa shape index (κ1) is 11.7. The Morgan fingerprint density at radius 2 is 2.05 bits per heavy atom. The first-order valence-corrected chi connectivity index (χ1v) is 6.27. The number of carbonyl (C=O) groups is 1. The van der Waals surface area contributed by atoms with Gasteiger partial charge in [0.2, 0.25) is 0 Å². The van der Waals surface area contributed by atoms with Crippen molar-refractivity contribution in [2.45, 2.75) is 19.3 Å². The van der Waals surface area contributed by atoms with Gasteiger partial charge in [0.05, 0.1) is 0 Å². The van der Waals surface area contributed by atoms with Crippen LogP contribution in [-0.2, 0) is 12.8 Å².